The first-order chi connectivity index (χ1) is 21.4. The SMILES string of the molecule is COC1[C@@H](OC)[C@@H](COP(O)(=S)S)O[C@H]1n1cnc2c(NC(c3ccccc3)(c3ccccc3)c3ccccc3)ncnc21. The molecule has 1 aliphatic rings. The maximum Gasteiger partial charge on any atom is 0.241 e. The molecule has 0 amide bonds. The number of hydrogen-bond donors (Lipinski definition) is 3. The number of nitrogens with one attached hydrogen (secondary N) is 1. The fourth-order valence-corrected chi connectivity index (χ4v) is 6.58. The Bertz CT molecular complexity index is 1650. The number of hydrogen-bond acceptors (Lipinski definition) is 9. The second kappa shape index (κ2) is 13.0. The molecule has 3 heterocycles. The highest BCUT2D eigenvalue weighted by Gasteiger charge is 2.47. The van der Waals surface area contributed by atoms with E-state index in [-0.39, 0.29) is 6.61 Å². The number of fused-ring (bicyclic) bond motifs is 1. The molecule has 3 aromatic carbocycles. The Morgan fingerprint density at radius 1 is 0.886 bits per heavy atom. The van der Waals surface area contributed by atoms with Gasteiger partial charge >= 0.3 is 0 Å². The van der Waals surface area contributed by atoms with Gasteiger partial charge in [0.2, 0.25) is 5.69 Å². The Hall–Kier alpha value is -3.19. The van der Waals surface area contributed by atoms with Crippen LogP contribution in [0.25, 0.3) is 11.2 Å². The van der Waals surface area contributed by atoms with Crippen molar-refractivity contribution >= 4 is 46.7 Å². The summed E-state index contributed by atoms with van der Waals surface area (Å²) in [4.78, 5) is 24.0. The van der Waals surface area contributed by atoms with Crippen LogP contribution in [0.5, 0.6) is 0 Å². The highest BCUT2D eigenvalue weighted by Crippen LogP contribution is 2.48. The first-order valence-electron chi connectivity index (χ1n) is 13.9. The van der Waals surface area contributed by atoms with E-state index in [1.807, 2.05) is 54.6 Å². The van der Waals surface area contributed by atoms with E-state index in [4.69, 9.17) is 40.5 Å². The average molecular weight is 650 g/mol. The Morgan fingerprint density at radius 2 is 1.43 bits per heavy atom. The molecule has 5 atom stereocenters. The first-order valence-corrected chi connectivity index (χ1v) is 17.7. The summed E-state index contributed by atoms with van der Waals surface area (Å²) in [6.45, 7) is -0.0195. The molecule has 44 heavy (non-hydrogen) atoms. The number of nitrogens with zero attached hydrogens (tertiary/aromatic N) is 4. The molecule has 5 aromatic rings. The van der Waals surface area contributed by atoms with Crippen molar-refractivity contribution in [3.63, 3.8) is 0 Å². The third kappa shape index (κ3) is 5.92. The smallest absolute Gasteiger partial charge is 0.241 e. The molecule has 1 aliphatic heterocycles. The number of aromatic nitrogens is 4. The third-order valence-corrected chi connectivity index (χ3v) is 8.94. The molecule has 0 bridgehead atoms. The molecule has 6 rings (SSSR count). The summed E-state index contributed by atoms with van der Waals surface area (Å²) in [5, 5.41) is 3.79. The van der Waals surface area contributed by atoms with Gasteiger partial charge in [0, 0.05) is 14.2 Å². The van der Waals surface area contributed by atoms with Gasteiger partial charge in [0.15, 0.2) is 23.2 Å². The number of thiol groups is 1. The quantitative estimate of drug-likeness (QED) is 0.0988. The summed E-state index contributed by atoms with van der Waals surface area (Å²) in [7, 11) is 3.15. The van der Waals surface area contributed by atoms with Crippen LogP contribution < -0.4 is 5.32 Å². The number of methoxy groups -OCH3 is 2. The second-order valence-electron chi connectivity index (χ2n) is 10.3. The van der Waals surface area contributed by atoms with Gasteiger partial charge in [-0.2, -0.15) is 0 Å². The number of rotatable bonds is 11. The number of imidazole rings is 1. The Kier molecular flexibility index (Phi) is 9.13. The predicted molar refractivity (Wildman–Crippen MR) is 175 cm³/mol. The molecule has 1 fully saturated rings. The van der Waals surface area contributed by atoms with E-state index in [2.05, 4.69) is 58.9 Å². The van der Waals surface area contributed by atoms with Crippen molar-refractivity contribution in [2.24, 2.45) is 0 Å². The molecule has 1 saturated heterocycles. The minimum Gasteiger partial charge on any atom is -0.376 e. The van der Waals surface area contributed by atoms with Crippen molar-refractivity contribution in [1.29, 1.82) is 0 Å². The van der Waals surface area contributed by atoms with E-state index in [9.17, 15) is 4.89 Å². The molecule has 13 heteroatoms. The van der Waals surface area contributed by atoms with Gasteiger partial charge in [0.25, 0.3) is 0 Å². The largest absolute Gasteiger partial charge is 0.376 e. The van der Waals surface area contributed by atoms with E-state index in [1.54, 1.807) is 25.1 Å². The normalized spacial score (nSPS) is 21.7. The summed E-state index contributed by atoms with van der Waals surface area (Å²) in [5.41, 5.74) is 0.161. The lowest BCUT2D eigenvalue weighted by molar-refractivity contribution is -0.0558. The van der Waals surface area contributed by atoms with E-state index in [0.717, 1.165) is 16.7 Å². The van der Waals surface area contributed by atoms with Crippen LogP contribution in [0.1, 0.15) is 22.9 Å². The van der Waals surface area contributed by atoms with Crippen molar-refractivity contribution in [2.45, 2.75) is 30.1 Å². The molecular formula is C31H32N5O5PS2. The third-order valence-electron chi connectivity index (χ3n) is 7.80. The number of benzene rings is 3. The molecule has 0 radical (unpaired) electrons. The van der Waals surface area contributed by atoms with Crippen LogP contribution in [0.3, 0.4) is 0 Å². The van der Waals surface area contributed by atoms with E-state index in [0.29, 0.717) is 17.0 Å². The van der Waals surface area contributed by atoms with Gasteiger partial charge in [-0.15, -0.1) is 0 Å². The second-order valence-corrected chi connectivity index (χ2v) is 15.4. The van der Waals surface area contributed by atoms with Crippen LogP contribution in [0, 0.1) is 0 Å². The molecule has 0 saturated carbocycles. The van der Waals surface area contributed by atoms with Crippen LogP contribution >= 0.6 is 17.9 Å². The van der Waals surface area contributed by atoms with Crippen molar-refractivity contribution in [3.8, 4) is 0 Å². The number of anilines is 1. The zero-order chi connectivity index (χ0) is 30.7. The monoisotopic (exact) mass is 649 g/mol. The van der Waals surface area contributed by atoms with Crippen LogP contribution in [0.4, 0.5) is 5.82 Å². The van der Waals surface area contributed by atoms with Gasteiger partial charge in [0.05, 0.1) is 12.9 Å². The minimum absolute atomic E-state index is 0.0195. The average Bonchev–Trinajstić information content (AvgIpc) is 3.65. The van der Waals surface area contributed by atoms with Crippen molar-refractivity contribution < 1.29 is 23.6 Å². The maximum absolute atomic E-state index is 9.92. The molecule has 0 spiro atoms. The van der Waals surface area contributed by atoms with Crippen LogP contribution in [-0.2, 0) is 36.1 Å². The summed E-state index contributed by atoms with van der Waals surface area (Å²) < 4.78 is 25.1. The Morgan fingerprint density at radius 3 is 1.93 bits per heavy atom. The van der Waals surface area contributed by atoms with Gasteiger partial charge < -0.3 is 28.9 Å². The fraction of sp³-hybridized carbons (Fsp3) is 0.258. The van der Waals surface area contributed by atoms with Crippen LogP contribution in [0.2, 0.25) is 0 Å². The Labute approximate surface area is 265 Å². The van der Waals surface area contributed by atoms with E-state index in [1.165, 1.54) is 6.33 Å². The lowest BCUT2D eigenvalue weighted by atomic mass is 9.77. The molecule has 10 nitrogen and oxygen atoms in total. The highest BCUT2D eigenvalue weighted by atomic mass is 32.9. The molecular weight excluding hydrogens is 617 g/mol. The predicted octanol–water partition coefficient (Wildman–Crippen LogP) is 5.32. The van der Waals surface area contributed by atoms with Crippen LogP contribution in [-0.4, -0.2) is 63.6 Å². The van der Waals surface area contributed by atoms with Crippen molar-refractivity contribution in [2.75, 3.05) is 26.1 Å². The molecule has 228 valence electrons. The lowest BCUT2D eigenvalue weighted by Crippen LogP contribution is -2.38. The maximum atomic E-state index is 9.92. The van der Waals surface area contributed by atoms with Gasteiger partial charge in [-0.25, -0.2) is 15.0 Å². The summed E-state index contributed by atoms with van der Waals surface area (Å²) >= 11 is 8.91. The minimum atomic E-state index is -3.20. The van der Waals surface area contributed by atoms with Gasteiger partial charge in [-0.3, -0.25) is 4.57 Å². The summed E-state index contributed by atoms with van der Waals surface area (Å²) in [5.74, 6) is 0.538. The van der Waals surface area contributed by atoms with Gasteiger partial charge in [0.1, 0.15) is 30.2 Å². The highest BCUT2D eigenvalue weighted by molar-refractivity contribution is 8.59. The Balaban J connectivity index is 1.45. The topological polar surface area (TPSA) is 113 Å². The molecule has 2 N–H and O–H groups in total. The van der Waals surface area contributed by atoms with Crippen LogP contribution in [0.15, 0.2) is 104 Å². The zero-order valence-corrected chi connectivity index (χ0v) is 26.6. The standard InChI is InChI=1S/C31H32N5O5PS2/c1-38-26-24(18-40-42(37,43)44)41-30(27(26)39-2)36-20-34-25-28(32-19-33-29(25)36)35-31(21-12-6-3-7-13-21,22-14-8-4-9-15-22)23-16-10-5-11-17-23/h3-17,19-20,24,26-27,30H,18H2,1-2H3,(H,32,33,35)(H2,37,43,44)/t24-,26+,27?,30-/m1/s1. The van der Waals surface area contributed by atoms with Crippen molar-refractivity contribution in [3.05, 3.63) is 120 Å². The fourth-order valence-electron chi connectivity index (χ4n) is 5.86. The van der Waals surface area contributed by atoms with E-state index >= 15 is 0 Å². The summed E-state index contributed by atoms with van der Waals surface area (Å²) in [6.07, 6.45) is 0.855. The molecule has 0 aliphatic carbocycles. The molecule has 2 aromatic heterocycles. The van der Waals surface area contributed by atoms with Gasteiger partial charge in [-0.1, -0.05) is 103 Å². The first kappa shape index (κ1) is 30.8. The van der Waals surface area contributed by atoms with Gasteiger partial charge in [-0.05, 0) is 28.5 Å². The lowest BCUT2D eigenvalue weighted by Gasteiger charge is -2.37. The number of ether oxygens (including phenoxy) is 3. The van der Waals surface area contributed by atoms with E-state index < -0.39 is 35.8 Å². The summed E-state index contributed by atoms with van der Waals surface area (Å²) in [6, 6.07) is 30.8. The zero-order valence-electron chi connectivity index (χ0n) is 24.0. The van der Waals surface area contributed by atoms with Crippen molar-refractivity contribution in [1.82, 2.24) is 19.5 Å². The molecule has 2 unspecified atom stereocenters.